The van der Waals surface area contributed by atoms with Crippen LogP contribution < -0.4 is 5.32 Å². The molecule has 1 heterocycles. The zero-order chi connectivity index (χ0) is 16.1. The van der Waals surface area contributed by atoms with Gasteiger partial charge in [0.15, 0.2) is 5.79 Å². The Bertz CT molecular complexity index is 562. The van der Waals surface area contributed by atoms with E-state index in [-0.39, 0.29) is 6.10 Å². The molecule has 0 spiro atoms. The Hall–Kier alpha value is -1.42. The highest BCUT2D eigenvalue weighted by atomic mass is 16.7. The first kappa shape index (κ1) is 16.4. The minimum absolute atomic E-state index is 0.131. The molecule has 3 nitrogen and oxygen atoms in total. The average molecular weight is 313 g/mol. The third-order valence-corrected chi connectivity index (χ3v) is 4.54. The fraction of sp³-hybridized carbons (Fsp3) is 0.500. The van der Waals surface area contributed by atoms with Crippen molar-refractivity contribution in [3.8, 4) is 0 Å². The van der Waals surface area contributed by atoms with Crippen LogP contribution in [0.1, 0.15) is 32.3 Å². The highest BCUT2D eigenvalue weighted by molar-refractivity contribution is 5.22. The van der Waals surface area contributed by atoms with E-state index in [1.165, 1.54) is 11.1 Å². The third kappa shape index (κ3) is 4.54. The molecule has 0 radical (unpaired) electrons. The van der Waals surface area contributed by atoms with Crippen LogP contribution in [-0.4, -0.2) is 25.0 Å². The zero-order valence-electron chi connectivity index (χ0n) is 14.1. The van der Waals surface area contributed by atoms with E-state index in [0.717, 1.165) is 25.9 Å². The van der Waals surface area contributed by atoms with Gasteiger partial charge in [0.05, 0.1) is 12.7 Å². The molecular formula is C20H27NO2. The van der Waals surface area contributed by atoms with Crippen LogP contribution in [0, 0.1) is 5.92 Å². The summed E-state index contributed by atoms with van der Waals surface area (Å²) in [5.74, 6) is -0.0987. The van der Waals surface area contributed by atoms with Gasteiger partial charge in [-0.3, -0.25) is 0 Å². The molecule has 1 aromatic carbocycles. The minimum atomic E-state index is -0.465. The molecule has 1 saturated heterocycles. The van der Waals surface area contributed by atoms with E-state index >= 15 is 0 Å². The van der Waals surface area contributed by atoms with E-state index in [1.807, 2.05) is 13.8 Å². The van der Waals surface area contributed by atoms with Crippen molar-refractivity contribution in [3.63, 3.8) is 0 Å². The second-order valence-electron chi connectivity index (χ2n) is 6.80. The predicted octanol–water partition coefficient (Wildman–Crippen LogP) is 3.82. The second-order valence-corrected chi connectivity index (χ2v) is 6.80. The van der Waals surface area contributed by atoms with Crippen LogP contribution in [0.4, 0.5) is 0 Å². The van der Waals surface area contributed by atoms with Crippen LogP contribution in [0.2, 0.25) is 0 Å². The third-order valence-electron chi connectivity index (χ3n) is 4.54. The molecule has 1 aliphatic heterocycles. The fourth-order valence-electron chi connectivity index (χ4n) is 3.31. The molecule has 2 atom stereocenters. The molecule has 1 unspecified atom stereocenters. The minimum Gasteiger partial charge on any atom is -0.348 e. The van der Waals surface area contributed by atoms with Gasteiger partial charge in [-0.1, -0.05) is 54.1 Å². The number of allylic oxidation sites excluding steroid dienone is 3. The Morgan fingerprint density at radius 3 is 2.74 bits per heavy atom. The van der Waals surface area contributed by atoms with E-state index in [0.29, 0.717) is 12.5 Å². The number of benzene rings is 1. The predicted molar refractivity (Wildman–Crippen MR) is 93.0 cm³/mol. The van der Waals surface area contributed by atoms with Gasteiger partial charge in [0.2, 0.25) is 0 Å². The lowest BCUT2D eigenvalue weighted by atomic mass is 9.87. The Morgan fingerprint density at radius 1 is 1.26 bits per heavy atom. The molecule has 1 aromatic rings. The maximum atomic E-state index is 6.14. The van der Waals surface area contributed by atoms with Crippen molar-refractivity contribution in [1.82, 2.24) is 5.32 Å². The summed E-state index contributed by atoms with van der Waals surface area (Å²) in [5.41, 5.74) is 2.78. The number of hydrogen-bond acceptors (Lipinski definition) is 3. The normalized spacial score (nSPS) is 24.4. The highest BCUT2D eigenvalue weighted by Crippen LogP contribution is 2.32. The lowest BCUT2D eigenvalue weighted by Crippen LogP contribution is -2.35. The summed E-state index contributed by atoms with van der Waals surface area (Å²) in [6, 6.07) is 10.5. The molecule has 0 bridgehead atoms. The molecule has 1 N–H and O–H groups in total. The summed E-state index contributed by atoms with van der Waals surface area (Å²) in [7, 11) is 0. The summed E-state index contributed by atoms with van der Waals surface area (Å²) >= 11 is 0. The van der Waals surface area contributed by atoms with Crippen LogP contribution in [0.3, 0.4) is 0 Å². The molecule has 23 heavy (non-hydrogen) atoms. The van der Waals surface area contributed by atoms with Gasteiger partial charge in [-0.2, -0.15) is 0 Å². The smallest absolute Gasteiger partial charge is 0.163 e. The van der Waals surface area contributed by atoms with Gasteiger partial charge in [-0.25, -0.2) is 0 Å². The molecule has 0 aromatic heterocycles. The van der Waals surface area contributed by atoms with Gasteiger partial charge in [0, 0.05) is 19.0 Å². The second kappa shape index (κ2) is 7.43. The number of rotatable bonds is 6. The average Bonchev–Trinajstić information content (AvgIpc) is 2.93. The molecule has 3 heteroatoms. The van der Waals surface area contributed by atoms with Gasteiger partial charge < -0.3 is 14.8 Å². The first-order valence-corrected chi connectivity index (χ1v) is 8.56. The standard InChI is InChI=1S/C20H27NO2/c1-20(2)22-15-19(23-20)18(17-11-7-4-8-12-17)14-21-13-16-9-5-3-6-10-16/h3-7,9-11,18-19,21H,8,12-15H2,1-2H3/t18?,19-/m0/s1. The van der Waals surface area contributed by atoms with Gasteiger partial charge in [-0.15, -0.1) is 0 Å². The maximum absolute atomic E-state index is 6.14. The molecule has 3 rings (SSSR count). The van der Waals surface area contributed by atoms with Crippen molar-refractivity contribution in [2.45, 2.75) is 45.1 Å². The van der Waals surface area contributed by atoms with E-state index in [1.54, 1.807) is 0 Å². The highest BCUT2D eigenvalue weighted by Gasteiger charge is 2.38. The van der Waals surface area contributed by atoms with Crippen molar-refractivity contribution in [3.05, 3.63) is 59.7 Å². The van der Waals surface area contributed by atoms with Crippen LogP contribution in [-0.2, 0) is 16.0 Å². The van der Waals surface area contributed by atoms with Crippen LogP contribution >= 0.6 is 0 Å². The van der Waals surface area contributed by atoms with Crippen LogP contribution in [0.15, 0.2) is 54.1 Å². The summed E-state index contributed by atoms with van der Waals surface area (Å²) in [6.07, 6.45) is 9.03. The van der Waals surface area contributed by atoms with E-state index in [2.05, 4.69) is 53.9 Å². The summed E-state index contributed by atoms with van der Waals surface area (Å²) in [4.78, 5) is 0. The van der Waals surface area contributed by atoms with Gasteiger partial charge in [-0.05, 0) is 32.3 Å². The molecule has 0 saturated carbocycles. The Kier molecular flexibility index (Phi) is 5.31. The molecular weight excluding hydrogens is 286 g/mol. The Morgan fingerprint density at radius 2 is 2.09 bits per heavy atom. The fourth-order valence-corrected chi connectivity index (χ4v) is 3.31. The van der Waals surface area contributed by atoms with Crippen molar-refractivity contribution in [2.75, 3.05) is 13.2 Å². The summed E-state index contributed by atoms with van der Waals surface area (Å²) in [5, 5.41) is 3.60. The van der Waals surface area contributed by atoms with Crippen molar-refractivity contribution in [2.24, 2.45) is 5.92 Å². The van der Waals surface area contributed by atoms with Crippen LogP contribution in [0.5, 0.6) is 0 Å². The molecule has 0 amide bonds. The lowest BCUT2D eigenvalue weighted by molar-refractivity contribution is -0.142. The Labute approximate surface area is 139 Å². The largest absolute Gasteiger partial charge is 0.348 e. The summed E-state index contributed by atoms with van der Waals surface area (Å²) in [6.45, 7) is 6.47. The van der Waals surface area contributed by atoms with Gasteiger partial charge in [0.1, 0.15) is 0 Å². The maximum Gasteiger partial charge on any atom is 0.163 e. The van der Waals surface area contributed by atoms with Gasteiger partial charge >= 0.3 is 0 Å². The van der Waals surface area contributed by atoms with Gasteiger partial charge in [0.25, 0.3) is 0 Å². The van der Waals surface area contributed by atoms with E-state index < -0.39 is 5.79 Å². The zero-order valence-corrected chi connectivity index (χ0v) is 14.1. The van der Waals surface area contributed by atoms with Crippen LogP contribution in [0.25, 0.3) is 0 Å². The monoisotopic (exact) mass is 313 g/mol. The number of hydrogen-bond donors (Lipinski definition) is 1. The first-order valence-electron chi connectivity index (χ1n) is 8.56. The molecule has 1 fully saturated rings. The van der Waals surface area contributed by atoms with Crippen molar-refractivity contribution < 1.29 is 9.47 Å². The molecule has 124 valence electrons. The number of nitrogens with one attached hydrogen (secondary N) is 1. The summed E-state index contributed by atoms with van der Waals surface area (Å²) < 4.78 is 11.9. The topological polar surface area (TPSA) is 30.5 Å². The van der Waals surface area contributed by atoms with E-state index in [4.69, 9.17) is 9.47 Å². The van der Waals surface area contributed by atoms with E-state index in [9.17, 15) is 0 Å². The molecule has 1 aliphatic carbocycles. The SMILES string of the molecule is CC1(C)OC[C@@H](C(CNCc2ccccc2)C2=CC=CCC2)O1. The number of ether oxygens (including phenoxy) is 2. The van der Waals surface area contributed by atoms with Crippen molar-refractivity contribution in [1.29, 1.82) is 0 Å². The Balaban J connectivity index is 1.63. The lowest BCUT2D eigenvalue weighted by Gasteiger charge is -2.28. The van der Waals surface area contributed by atoms with Crippen molar-refractivity contribution >= 4 is 0 Å². The first-order chi connectivity index (χ1) is 11.1. The quantitative estimate of drug-likeness (QED) is 0.866. The molecule has 2 aliphatic rings.